The molecule has 132 valence electrons. The van der Waals surface area contributed by atoms with Crippen LogP contribution in [0.4, 0.5) is 5.69 Å². The molecule has 0 aliphatic heterocycles. The summed E-state index contributed by atoms with van der Waals surface area (Å²) in [6.45, 7) is 0. The third kappa shape index (κ3) is 5.35. The number of benzene rings is 1. The van der Waals surface area contributed by atoms with E-state index in [1.165, 1.54) is 26.2 Å². The zero-order valence-electron chi connectivity index (χ0n) is 14.4. The highest BCUT2D eigenvalue weighted by molar-refractivity contribution is 6.09. The van der Waals surface area contributed by atoms with E-state index >= 15 is 0 Å². The first-order chi connectivity index (χ1) is 12.2. The number of ether oxygens (including phenoxy) is 1. The predicted octanol–water partition coefficient (Wildman–Crippen LogP) is 3.13. The Hall–Kier alpha value is -2.81. The molecule has 1 aliphatic carbocycles. The molecule has 1 amide bonds. The zero-order chi connectivity index (χ0) is 18.1. The third-order valence-corrected chi connectivity index (χ3v) is 4.26. The van der Waals surface area contributed by atoms with Crippen LogP contribution >= 0.6 is 0 Å². The topological polar surface area (TPSA) is 91.2 Å². The fourth-order valence-corrected chi connectivity index (χ4v) is 2.87. The maximum atomic E-state index is 12.4. The summed E-state index contributed by atoms with van der Waals surface area (Å²) in [4.78, 5) is 24.1. The highest BCUT2D eigenvalue weighted by Gasteiger charge is 2.16. The summed E-state index contributed by atoms with van der Waals surface area (Å²) in [6.07, 6.45) is 8.35. The van der Waals surface area contributed by atoms with Gasteiger partial charge in [-0.25, -0.2) is 4.79 Å². The summed E-state index contributed by atoms with van der Waals surface area (Å²) in [6, 6.07) is 8.73. The average molecular weight is 341 g/mol. The van der Waals surface area contributed by atoms with Gasteiger partial charge in [-0.15, -0.1) is 0 Å². The Bertz CT molecular complexity index is 683. The number of carbonyl (C=O) groups is 2. The first-order valence-corrected chi connectivity index (χ1v) is 8.50. The van der Waals surface area contributed by atoms with Gasteiger partial charge in [-0.05, 0) is 25.0 Å². The van der Waals surface area contributed by atoms with Crippen LogP contribution < -0.4 is 10.6 Å². The van der Waals surface area contributed by atoms with Crippen molar-refractivity contribution in [1.29, 1.82) is 5.26 Å². The van der Waals surface area contributed by atoms with Gasteiger partial charge >= 0.3 is 5.97 Å². The Morgan fingerprint density at radius 1 is 1.20 bits per heavy atom. The molecule has 1 saturated carbocycles. The van der Waals surface area contributed by atoms with Crippen molar-refractivity contribution >= 4 is 17.6 Å². The monoisotopic (exact) mass is 341 g/mol. The number of esters is 1. The number of rotatable bonds is 5. The van der Waals surface area contributed by atoms with Gasteiger partial charge in [0.15, 0.2) is 0 Å². The van der Waals surface area contributed by atoms with Gasteiger partial charge < -0.3 is 15.4 Å². The van der Waals surface area contributed by atoms with Gasteiger partial charge in [0.2, 0.25) is 0 Å². The van der Waals surface area contributed by atoms with Crippen molar-refractivity contribution in [2.45, 2.75) is 44.6 Å². The summed E-state index contributed by atoms with van der Waals surface area (Å²) < 4.78 is 4.70. The normalized spacial score (nSPS) is 15.6. The van der Waals surface area contributed by atoms with Crippen molar-refractivity contribution in [2.75, 3.05) is 12.4 Å². The molecule has 0 aromatic heterocycles. The summed E-state index contributed by atoms with van der Waals surface area (Å²) in [5.74, 6) is -1.10. The molecule has 6 heteroatoms. The van der Waals surface area contributed by atoms with E-state index in [0.29, 0.717) is 11.7 Å². The van der Waals surface area contributed by atoms with Crippen LogP contribution in [0.15, 0.2) is 36.0 Å². The number of nitrogens with one attached hydrogen (secondary N) is 2. The Kier molecular flexibility index (Phi) is 7.02. The van der Waals surface area contributed by atoms with Crippen LogP contribution in [0.5, 0.6) is 0 Å². The van der Waals surface area contributed by atoms with Gasteiger partial charge in [0, 0.05) is 12.2 Å². The number of nitrogens with zero attached hydrogens (tertiary/aromatic N) is 1. The molecule has 1 aliphatic rings. The van der Waals surface area contributed by atoms with Crippen LogP contribution in [-0.4, -0.2) is 25.0 Å². The van der Waals surface area contributed by atoms with Crippen molar-refractivity contribution in [3.05, 3.63) is 41.6 Å². The van der Waals surface area contributed by atoms with Crippen LogP contribution in [0.2, 0.25) is 0 Å². The predicted molar refractivity (Wildman–Crippen MR) is 94.7 cm³/mol. The number of methoxy groups -OCH3 is 1. The van der Waals surface area contributed by atoms with Crippen LogP contribution in [-0.2, 0) is 9.53 Å². The van der Waals surface area contributed by atoms with E-state index in [-0.39, 0.29) is 11.1 Å². The molecule has 25 heavy (non-hydrogen) atoms. The molecule has 2 N–H and O–H groups in total. The van der Waals surface area contributed by atoms with E-state index in [1.54, 1.807) is 24.3 Å². The van der Waals surface area contributed by atoms with Gasteiger partial charge in [0.25, 0.3) is 5.91 Å². The first-order valence-electron chi connectivity index (χ1n) is 8.50. The average Bonchev–Trinajstić information content (AvgIpc) is 2.91. The molecule has 0 heterocycles. The number of para-hydroxylation sites is 1. The fraction of sp³-hybridized carbons (Fsp3) is 0.421. The van der Waals surface area contributed by atoms with Crippen LogP contribution in [0.3, 0.4) is 0 Å². The first kappa shape index (κ1) is 18.5. The summed E-state index contributed by atoms with van der Waals surface area (Å²) >= 11 is 0. The summed E-state index contributed by atoms with van der Waals surface area (Å²) in [5.41, 5.74) is 0.534. The molecular formula is C19H23N3O3. The van der Waals surface area contributed by atoms with Gasteiger partial charge in [0.05, 0.1) is 18.4 Å². The second kappa shape index (κ2) is 9.48. The molecule has 1 aromatic carbocycles. The minimum absolute atomic E-state index is 0.0242. The molecular weight excluding hydrogens is 318 g/mol. The van der Waals surface area contributed by atoms with Crippen molar-refractivity contribution in [1.82, 2.24) is 5.32 Å². The Morgan fingerprint density at radius 2 is 1.88 bits per heavy atom. The highest BCUT2D eigenvalue weighted by atomic mass is 16.5. The quantitative estimate of drug-likeness (QED) is 0.371. The number of hydrogen-bond donors (Lipinski definition) is 2. The van der Waals surface area contributed by atoms with Crippen molar-refractivity contribution in [3.63, 3.8) is 0 Å². The fourth-order valence-electron chi connectivity index (χ4n) is 2.87. The molecule has 0 atom stereocenters. The molecule has 0 bridgehead atoms. The van der Waals surface area contributed by atoms with Gasteiger partial charge in [0.1, 0.15) is 11.6 Å². The van der Waals surface area contributed by atoms with E-state index < -0.39 is 11.9 Å². The number of carbonyl (C=O) groups excluding carboxylic acids is 2. The standard InChI is InChI=1S/C19H23N3O3/c1-25-19(24)16-10-6-7-11-17(16)22-18(23)14(12-20)13-21-15-8-4-2-3-5-9-15/h6-7,10-11,13,15,21H,2-5,8-9H2,1H3,(H,22,23)/b14-13-. The maximum Gasteiger partial charge on any atom is 0.339 e. The van der Waals surface area contributed by atoms with Gasteiger partial charge in [-0.2, -0.15) is 5.26 Å². The lowest BCUT2D eigenvalue weighted by Crippen LogP contribution is -2.25. The lowest BCUT2D eigenvalue weighted by atomic mass is 10.1. The highest BCUT2D eigenvalue weighted by Crippen LogP contribution is 2.18. The van der Waals surface area contributed by atoms with E-state index in [4.69, 9.17) is 4.74 Å². The van der Waals surface area contributed by atoms with E-state index in [2.05, 4.69) is 10.6 Å². The van der Waals surface area contributed by atoms with Crippen molar-refractivity contribution < 1.29 is 14.3 Å². The number of anilines is 1. The Balaban J connectivity index is 2.06. The molecule has 0 unspecified atom stereocenters. The van der Waals surface area contributed by atoms with Gasteiger partial charge in [-0.3, -0.25) is 4.79 Å². The molecule has 6 nitrogen and oxygen atoms in total. The summed E-state index contributed by atoms with van der Waals surface area (Å²) in [5, 5.41) is 15.1. The second-order valence-electron chi connectivity index (χ2n) is 6.02. The largest absolute Gasteiger partial charge is 0.465 e. The molecule has 0 spiro atoms. The molecule has 1 aromatic rings. The van der Waals surface area contributed by atoms with E-state index in [9.17, 15) is 14.9 Å². The van der Waals surface area contributed by atoms with E-state index in [0.717, 1.165) is 25.7 Å². The number of nitriles is 1. The third-order valence-electron chi connectivity index (χ3n) is 4.26. The van der Waals surface area contributed by atoms with Crippen LogP contribution in [0, 0.1) is 11.3 Å². The van der Waals surface area contributed by atoms with Crippen molar-refractivity contribution in [3.8, 4) is 6.07 Å². The smallest absolute Gasteiger partial charge is 0.339 e. The minimum atomic E-state index is -0.556. The number of amides is 1. The number of hydrogen-bond acceptors (Lipinski definition) is 5. The summed E-state index contributed by atoms with van der Waals surface area (Å²) in [7, 11) is 1.28. The second-order valence-corrected chi connectivity index (χ2v) is 6.02. The Labute approximate surface area is 147 Å². The zero-order valence-corrected chi connectivity index (χ0v) is 14.4. The molecule has 2 rings (SSSR count). The van der Waals surface area contributed by atoms with Crippen LogP contribution in [0.25, 0.3) is 0 Å². The molecule has 0 saturated heterocycles. The van der Waals surface area contributed by atoms with E-state index in [1.807, 2.05) is 6.07 Å². The SMILES string of the molecule is COC(=O)c1ccccc1NC(=O)/C(C#N)=C\NC1CCCCCC1. The minimum Gasteiger partial charge on any atom is -0.465 e. The Morgan fingerprint density at radius 3 is 2.52 bits per heavy atom. The lowest BCUT2D eigenvalue weighted by molar-refractivity contribution is -0.112. The molecule has 1 fully saturated rings. The molecule has 0 radical (unpaired) electrons. The van der Waals surface area contributed by atoms with Gasteiger partial charge in [-0.1, -0.05) is 37.8 Å². The lowest BCUT2D eigenvalue weighted by Gasteiger charge is -2.14. The van der Waals surface area contributed by atoms with Crippen molar-refractivity contribution in [2.24, 2.45) is 0 Å². The van der Waals surface area contributed by atoms with Crippen LogP contribution in [0.1, 0.15) is 48.9 Å². The maximum absolute atomic E-state index is 12.4.